The van der Waals surface area contributed by atoms with Gasteiger partial charge < -0.3 is 5.32 Å². The van der Waals surface area contributed by atoms with Gasteiger partial charge in [-0.3, -0.25) is 0 Å². The molecule has 3 nitrogen and oxygen atoms in total. The summed E-state index contributed by atoms with van der Waals surface area (Å²) in [7, 11) is 1.66. The van der Waals surface area contributed by atoms with Crippen LogP contribution in [0, 0.1) is 23.0 Å². The number of thiazole rings is 1. The summed E-state index contributed by atoms with van der Waals surface area (Å²) in [6.45, 7) is 0. The van der Waals surface area contributed by atoms with Gasteiger partial charge in [-0.2, -0.15) is 5.26 Å². The second-order valence-corrected chi connectivity index (χ2v) is 4.18. The number of nitrogens with zero attached hydrogens (tertiary/aromatic N) is 2. The van der Waals surface area contributed by atoms with Gasteiger partial charge in [-0.1, -0.05) is 11.3 Å². The van der Waals surface area contributed by atoms with Crippen LogP contribution in [-0.4, -0.2) is 12.0 Å². The van der Waals surface area contributed by atoms with E-state index in [2.05, 4.69) is 10.3 Å². The quantitative estimate of drug-likeness (QED) is 0.892. The Labute approximate surface area is 100 Å². The predicted octanol–water partition coefficient (Wildman–Crippen LogP) is 3.00. The van der Waals surface area contributed by atoms with Crippen molar-refractivity contribution in [1.29, 1.82) is 5.26 Å². The van der Waals surface area contributed by atoms with E-state index >= 15 is 0 Å². The molecule has 0 radical (unpaired) electrons. The third-order valence-electron chi connectivity index (χ3n) is 2.13. The van der Waals surface area contributed by atoms with E-state index in [1.165, 1.54) is 6.07 Å². The van der Waals surface area contributed by atoms with Crippen LogP contribution >= 0.6 is 11.3 Å². The van der Waals surface area contributed by atoms with Crippen molar-refractivity contribution >= 4 is 16.5 Å². The smallest absolute Gasteiger partial charge is 0.184 e. The second-order valence-electron chi connectivity index (χ2n) is 3.18. The third-order valence-corrected chi connectivity index (χ3v) is 3.11. The van der Waals surface area contributed by atoms with Gasteiger partial charge >= 0.3 is 0 Å². The minimum absolute atomic E-state index is 0.126. The number of hydrogen-bond donors (Lipinski definition) is 1. The number of halogens is 2. The predicted molar refractivity (Wildman–Crippen MR) is 61.7 cm³/mol. The van der Waals surface area contributed by atoms with E-state index < -0.39 is 11.6 Å². The summed E-state index contributed by atoms with van der Waals surface area (Å²) < 4.78 is 26.3. The van der Waals surface area contributed by atoms with Crippen molar-refractivity contribution in [2.75, 3.05) is 12.4 Å². The number of benzene rings is 1. The molecule has 1 aromatic heterocycles. The normalized spacial score (nSPS) is 10.0. The number of nitriles is 1. The lowest BCUT2D eigenvalue weighted by Gasteiger charge is -1.99. The van der Waals surface area contributed by atoms with Crippen LogP contribution in [0.25, 0.3) is 11.3 Å². The standard InChI is InChI=1S/C11H7F2N3S/c1-15-11-16-10(9(5-14)17-11)7-3-2-6(12)4-8(7)13/h2-4H,1H3,(H,15,16). The molecule has 0 saturated carbocycles. The summed E-state index contributed by atoms with van der Waals surface area (Å²) in [5.41, 5.74) is 0.361. The van der Waals surface area contributed by atoms with Crippen LogP contribution in [0.3, 0.4) is 0 Å². The van der Waals surface area contributed by atoms with Crippen molar-refractivity contribution in [2.45, 2.75) is 0 Å². The van der Waals surface area contributed by atoms with Crippen molar-refractivity contribution in [3.05, 3.63) is 34.7 Å². The largest absolute Gasteiger partial charge is 0.365 e. The van der Waals surface area contributed by atoms with E-state index in [4.69, 9.17) is 5.26 Å². The molecule has 2 aromatic rings. The van der Waals surface area contributed by atoms with Crippen molar-refractivity contribution in [2.24, 2.45) is 0 Å². The van der Waals surface area contributed by atoms with Gasteiger partial charge in [0.2, 0.25) is 0 Å². The molecule has 0 bridgehead atoms. The van der Waals surface area contributed by atoms with Crippen LogP contribution in [-0.2, 0) is 0 Å². The lowest BCUT2D eigenvalue weighted by molar-refractivity contribution is 0.585. The van der Waals surface area contributed by atoms with Crippen LogP contribution in [0.5, 0.6) is 0 Å². The van der Waals surface area contributed by atoms with Gasteiger partial charge in [0.05, 0.1) is 0 Å². The Kier molecular flexibility index (Phi) is 3.02. The molecule has 86 valence electrons. The van der Waals surface area contributed by atoms with Crippen molar-refractivity contribution < 1.29 is 8.78 Å². The zero-order valence-corrected chi connectivity index (χ0v) is 9.61. The van der Waals surface area contributed by atoms with Gasteiger partial charge in [0.15, 0.2) is 5.13 Å². The molecule has 0 aliphatic carbocycles. The van der Waals surface area contributed by atoms with Crippen molar-refractivity contribution in [1.82, 2.24) is 4.98 Å². The molecule has 0 fully saturated rings. The zero-order valence-electron chi connectivity index (χ0n) is 8.79. The molecule has 0 saturated heterocycles. The van der Waals surface area contributed by atoms with Crippen molar-refractivity contribution in [3.63, 3.8) is 0 Å². The highest BCUT2D eigenvalue weighted by atomic mass is 32.1. The molecule has 0 aliphatic heterocycles. The fourth-order valence-electron chi connectivity index (χ4n) is 1.37. The average Bonchev–Trinajstić information content (AvgIpc) is 2.72. The highest BCUT2D eigenvalue weighted by molar-refractivity contribution is 7.16. The molecular formula is C11H7F2N3S. The molecule has 0 atom stereocenters. The number of rotatable bonds is 2. The maximum atomic E-state index is 13.6. The molecule has 1 aromatic carbocycles. The molecule has 0 amide bonds. The maximum Gasteiger partial charge on any atom is 0.184 e. The minimum Gasteiger partial charge on any atom is -0.365 e. The molecule has 0 aliphatic rings. The van der Waals surface area contributed by atoms with Crippen LogP contribution in [0.1, 0.15) is 4.88 Å². The fraction of sp³-hybridized carbons (Fsp3) is 0.0909. The molecule has 6 heteroatoms. The zero-order chi connectivity index (χ0) is 12.4. The van der Waals surface area contributed by atoms with E-state index in [1.54, 1.807) is 7.05 Å². The lowest BCUT2D eigenvalue weighted by atomic mass is 10.1. The molecule has 1 N–H and O–H groups in total. The van der Waals surface area contributed by atoms with E-state index in [9.17, 15) is 8.78 Å². The maximum absolute atomic E-state index is 13.6. The molecule has 0 unspecified atom stereocenters. The van der Waals surface area contributed by atoms with Gasteiger partial charge in [0, 0.05) is 18.7 Å². The summed E-state index contributed by atoms with van der Waals surface area (Å²) in [6.07, 6.45) is 0. The van der Waals surface area contributed by atoms with E-state index in [0.29, 0.717) is 10.0 Å². The van der Waals surface area contributed by atoms with Crippen LogP contribution < -0.4 is 5.32 Å². The fourth-order valence-corrected chi connectivity index (χ4v) is 2.10. The summed E-state index contributed by atoms with van der Waals surface area (Å²) in [5.74, 6) is -1.39. The summed E-state index contributed by atoms with van der Waals surface area (Å²) in [5, 5.41) is 12.2. The Morgan fingerprint density at radius 1 is 1.41 bits per heavy atom. The first-order chi connectivity index (χ1) is 8.15. The van der Waals surface area contributed by atoms with Crippen LogP contribution in [0.2, 0.25) is 0 Å². The van der Waals surface area contributed by atoms with Gasteiger partial charge in [-0.15, -0.1) is 0 Å². The lowest BCUT2D eigenvalue weighted by Crippen LogP contribution is -1.90. The molecule has 2 rings (SSSR count). The highest BCUT2D eigenvalue weighted by Crippen LogP contribution is 2.31. The SMILES string of the molecule is CNc1nc(-c2ccc(F)cc2F)c(C#N)s1. The van der Waals surface area contributed by atoms with Crippen molar-refractivity contribution in [3.8, 4) is 17.3 Å². The number of nitrogens with one attached hydrogen (secondary N) is 1. The second kappa shape index (κ2) is 4.47. The van der Waals surface area contributed by atoms with E-state index in [1.807, 2.05) is 6.07 Å². The third kappa shape index (κ3) is 2.10. The molecular weight excluding hydrogens is 244 g/mol. The van der Waals surface area contributed by atoms with E-state index in [-0.39, 0.29) is 11.3 Å². The Balaban J connectivity index is 2.60. The van der Waals surface area contributed by atoms with E-state index in [0.717, 1.165) is 23.5 Å². The van der Waals surface area contributed by atoms with Crippen LogP contribution in [0.4, 0.5) is 13.9 Å². The summed E-state index contributed by atoms with van der Waals surface area (Å²) >= 11 is 1.12. The highest BCUT2D eigenvalue weighted by Gasteiger charge is 2.16. The summed E-state index contributed by atoms with van der Waals surface area (Å²) in [6, 6.07) is 5.13. The first kappa shape index (κ1) is 11.5. The molecule has 1 heterocycles. The Morgan fingerprint density at radius 3 is 2.76 bits per heavy atom. The number of anilines is 1. The van der Waals surface area contributed by atoms with Gasteiger partial charge in [-0.05, 0) is 12.1 Å². The van der Waals surface area contributed by atoms with Gasteiger partial charge in [-0.25, -0.2) is 13.8 Å². The minimum atomic E-state index is -0.727. The number of aromatic nitrogens is 1. The first-order valence-corrected chi connectivity index (χ1v) is 5.51. The first-order valence-electron chi connectivity index (χ1n) is 4.70. The Hall–Kier alpha value is -2.00. The van der Waals surface area contributed by atoms with Gasteiger partial charge in [0.25, 0.3) is 0 Å². The molecule has 0 spiro atoms. The Bertz CT molecular complexity index is 601. The monoisotopic (exact) mass is 251 g/mol. The topological polar surface area (TPSA) is 48.7 Å². The average molecular weight is 251 g/mol. The molecule has 17 heavy (non-hydrogen) atoms. The van der Waals surface area contributed by atoms with Crippen LogP contribution in [0.15, 0.2) is 18.2 Å². The number of hydrogen-bond acceptors (Lipinski definition) is 4. The van der Waals surface area contributed by atoms with Gasteiger partial charge in [0.1, 0.15) is 28.3 Å². The Morgan fingerprint density at radius 2 is 2.18 bits per heavy atom. The summed E-state index contributed by atoms with van der Waals surface area (Å²) in [4.78, 5) is 4.37.